The molecule has 73 heavy (non-hydrogen) atoms. The van der Waals surface area contributed by atoms with Gasteiger partial charge in [-0.25, -0.2) is 0 Å². The van der Waals surface area contributed by atoms with Gasteiger partial charge in [-0.2, -0.15) is 0 Å². The molecule has 8 atom stereocenters. The fourth-order valence-electron chi connectivity index (χ4n) is 15.9. The number of carbonyl (C=O) groups is 3. The monoisotopic (exact) mass is 1010 g/mol. The number of hydrogen-bond donors (Lipinski definition) is 0. The van der Waals surface area contributed by atoms with E-state index in [1.54, 1.807) is 25.0 Å². The molecule has 2 aliphatic heterocycles. The zero-order valence-electron chi connectivity index (χ0n) is 50.3. The van der Waals surface area contributed by atoms with Gasteiger partial charge in [0, 0.05) is 24.7 Å². The number of fused-ring (bicyclic) bond motifs is 6. The van der Waals surface area contributed by atoms with Crippen molar-refractivity contribution in [3.63, 3.8) is 0 Å². The maximum absolute atomic E-state index is 11.8. The van der Waals surface area contributed by atoms with Gasteiger partial charge in [-0.1, -0.05) is 133 Å². The first-order valence-electron chi connectivity index (χ1n) is 29.2. The number of rotatable bonds is 13. The fraction of sp³-hybridized carbons (Fsp3) is 0.779. The van der Waals surface area contributed by atoms with Crippen LogP contribution in [0.4, 0.5) is 0 Å². The molecule has 0 radical (unpaired) electrons. The summed E-state index contributed by atoms with van der Waals surface area (Å²) in [5, 5.41) is 0. The number of ether oxygens (including phenoxy) is 2. The van der Waals surface area contributed by atoms with E-state index < -0.39 is 0 Å². The highest BCUT2D eigenvalue weighted by atomic mass is 16.6. The van der Waals surface area contributed by atoms with Gasteiger partial charge in [0.15, 0.2) is 0 Å². The number of allylic oxidation sites excluding steroid dienone is 11. The van der Waals surface area contributed by atoms with Crippen molar-refractivity contribution in [2.75, 3.05) is 0 Å². The van der Waals surface area contributed by atoms with Gasteiger partial charge >= 0.3 is 5.97 Å². The molecule has 7 rings (SSSR count). The number of esters is 1. The Morgan fingerprint density at radius 3 is 1.60 bits per heavy atom. The molecule has 0 aromatic heterocycles. The Morgan fingerprint density at radius 2 is 1.07 bits per heavy atom. The number of carbonyl (C=O) groups excluding carboxylic acids is 3. The van der Waals surface area contributed by atoms with Crippen molar-refractivity contribution in [2.24, 2.45) is 50.7 Å². The molecule has 4 saturated carbocycles. The minimum absolute atomic E-state index is 0. The van der Waals surface area contributed by atoms with Gasteiger partial charge in [0.1, 0.15) is 22.8 Å². The highest BCUT2D eigenvalue weighted by Gasteiger charge is 2.63. The largest absolute Gasteiger partial charge is 0.492 e. The summed E-state index contributed by atoms with van der Waals surface area (Å²) in [6.07, 6.45) is 36.6. The third kappa shape index (κ3) is 17.0. The van der Waals surface area contributed by atoms with E-state index in [4.69, 9.17) is 9.47 Å². The molecule has 416 valence electrons. The average molecular weight is 1010 g/mol. The van der Waals surface area contributed by atoms with Crippen LogP contribution in [0.2, 0.25) is 0 Å². The van der Waals surface area contributed by atoms with E-state index in [-0.39, 0.29) is 36.2 Å². The maximum atomic E-state index is 11.8. The average Bonchev–Trinajstić information content (AvgIpc) is 3.76. The Hall–Kier alpha value is -2.95. The second kappa shape index (κ2) is 26.4. The van der Waals surface area contributed by atoms with Crippen molar-refractivity contribution >= 4 is 17.5 Å². The van der Waals surface area contributed by atoms with Gasteiger partial charge in [-0.15, -0.1) is 0 Å². The third-order valence-corrected chi connectivity index (χ3v) is 19.9. The normalized spacial score (nSPS) is 32.8. The van der Waals surface area contributed by atoms with Gasteiger partial charge in [0.05, 0.1) is 12.2 Å². The first kappa shape index (κ1) is 64.3. The second-order valence-corrected chi connectivity index (χ2v) is 27.9. The number of Topliss-reactive ketones (excluding diaryl/α,β-unsaturated/α-hetero) is 2. The Labute approximate surface area is 451 Å². The highest BCUT2D eigenvalue weighted by molar-refractivity contribution is 5.77. The lowest BCUT2D eigenvalue weighted by Crippen LogP contribution is -2.56. The minimum atomic E-state index is -0.171. The molecule has 0 aromatic rings. The molecular weight excluding hydrogens is 897 g/mol. The van der Waals surface area contributed by atoms with Crippen molar-refractivity contribution in [2.45, 2.75) is 291 Å². The molecule has 2 heterocycles. The van der Waals surface area contributed by atoms with Crippen LogP contribution in [-0.2, 0) is 23.9 Å². The molecule has 5 heteroatoms. The van der Waals surface area contributed by atoms with Crippen LogP contribution < -0.4 is 0 Å². The van der Waals surface area contributed by atoms with E-state index in [0.29, 0.717) is 58.2 Å². The molecule has 5 nitrogen and oxygen atoms in total. The molecule has 0 amide bonds. The smallest absolute Gasteiger partial charge is 0.306 e. The standard InChI is InChI=1S/3C17H28O.C16H26O2.CH4/c1-12-11-14-16(4)9-6-8-15(2,3)13(16)7-10-17(14,5)18-12;1-13(8-10-15(3)18)9-11-16-14(2)7-6-12-17(16,4)5;1-14(2)8-6-9-15(3)10-7-11-16(4)12-13-17(5)18;1-14(2)7-5-8-15(3)11(14)6-9-16(4)12(15)10-13(17)18-16;/h11,13-14H,6-10H2,1-5H3;8H,6-7,9-12H2,1-5H3;8,10,12H,6-7,9,11,13H2,1-5H3;11-12H,5-10H2,1-4H3;1H4. The van der Waals surface area contributed by atoms with Gasteiger partial charge in [0.2, 0.25) is 0 Å². The van der Waals surface area contributed by atoms with Crippen molar-refractivity contribution in [3.05, 3.63) is 69.6 Å². The lowest BCUT2D eigenvalue weighted by molar-refractivity contribution is -0.164. The summed E-state index contributed by atoms with van der Waals surface area (Å²) in [6.45, 7) is 42.5. The van der Waals surface area contributed by atoms with E-state index in [1.165, 1.54) is 106 Å². The van der Waals surface area contributed by atoms with Crippen molar-refractivity contribution in [1.29, 1.82) is 0 Å². The van der Waals surface area contributed by atoms with Crippen LogP contribution in [0.5, 0.6) is 0 Å². The summed E-state index contributed by atoms with van der Waals surface area (Å²) >= 11 is 0. The van der Waals surface area contributed by atoms with Crippen molar-refractivity contribution < 1.29 is 23.9 Å². The molecule has 5 fully saturated rings. The molecular formula is C68H114O5. The molecule has 0 bridgehead atoms. The summed E-state index contributed by atoms with van der Waals surface area (Å²) in [6, 6.07) is 0. The van der Waals surface area contributed by atoms with E-state index >= 15 is 0 Å². The van der Waals surface area contributed by atoms with Crippen molar-refractivity contribution in [3.8, 4) is 0 Å². The van der Waals surface area contributed by atoms with Crippen molar-refractivity contribution in [1.82, 2.24) is 0 Å². The molecule has 0 aromatic carbocycles. The molecule has 0 N–H and O–H groups in total. The molecule has 5 aliphatic carbocycles. The highest BCUT2D eigenvalue weighted by Crippen LogP contribution is 2.66. The number of ketones is 2. The van der Waals surface area contributed by atoms with Crippen LogP contribution in [0.1, 0.15) is 280 Å². The predicted molar refractivity (Wildman–Crippen MR) is 312 cm³/mol. The van der Waals surface area contributed by atoms with E-state index in [1.807, 2.05) is 0 Å². The van der Waals surface area contributed by atoms with Gasteiger partial charge in [-0.3, -0.25) is 14.4 Å². The molecule has 1 saturated heterocycles. The molecule has 0 spiro atoms. The lowest BCUT2D eigenvalue weighted by atomic mass is 9.45. The fourth-order valence-corrected chi connectivity index (χ4v) is 15.9. The van der Waals surface area contributed by atoms with Gasteiger partial charge < -0.3 is 9.47 Å². The summed E-state index contributed by atoms with van der Waals surface area (Å²) in [4.78, 5) is 33.6. The summed E-state index contributed by atoms with van der Waals surface area (Å²) in [7, 11) is 0. The SMILES string of the molecule is C.CC(=O)CC=C(C)CCC1=C(C)CCCC1(C)C.CC(=O)CC=C(C)CCC=C(C)CCC=C(C)C.CC1(C)CCCC2(C)C1CCC1(C)OC(=O)CC12.CC1=CC2C(C)(CCC3C(C)(C)CCCC32C)O1. The summed E-state index contributed by atoms with van der Waals surface area (Å²) in [5.74, 6) is 4.37. The Balaban J connectivity index is 0.000000256. The Kier molecular flexibility index (Phi) is 23.3. The predicted octanol–water partition coefficient (Wildman–Crippen LogP) is 20.1. The van der Waals surface area contributed by atoms with Crippen LogP contribution >= 0.6 is 0 Å². The van der Waals surface area contributed by atoms with Gasteiger partial charge in [0.25, 0.3) is 0 Å². The van der Waals surface area contributed by atoms with Crippen LogP contribution in [0.15, 0.2) is 69.6 Å². The lowest BCUT2D eigenvalue weighted by Gasteiger charge is -2.59. The second-order valence-electron chi connectivity index (χ2n) is 27.9. The number of hydrogen-bond acceptors (Lipinski definition) is 5. The van der Waals surface area contributed by atoms with E-state index in [9.17, 15) is 14.4 Å². The molecule has 8 unspecified atom stereocenters. The van der Waals surface area contributed by atoms with Crippen LogP contribution in [0.3, 0.4) is 0 Å². The van der Waals surface area contributed by atoms with Crippen LogP contribution in [0, 0.1) is 50.7 Å². The van der Waals surface area contributed by atoms with E-state index in [0.717, 1.165) is 56.1 Å². The minimum Gasteiger partial charge on any atom is -0.492 e. The summed E-state index contributed by atoms with van der Waals surface area (Å²) < 4.78 is 11.9. The summed E-state index contributed by atoms with van der Waals surface area (Å²) in [5.41, 5.74) is 10.8. The topological polar surface area (TPSA) is 69.7 Å². The Bertz CT molecular complexity index is 2080. The Morgan fingerprint density at radius 1 is 0.575 bits per heavy atom. The maximum Gasteiger partial charge on any atom is 0.306 e. The first-order chi connectivity index (χ1) is 33.3. The van der Waals surface area contributed by atoms with Crippen LogP contribution in [0.25, 0.3) is 0 Å². The zero-order chi connectivity index (χ0) is 54.1. The molecule has 7 aliphatic rings. The quantitative estimate of drug-likeness (QED) is 0.136. The third-order valence-electron chi connectivity index (χ3n) is 19.9. The first-order valence-corrected chi connectivity index (χ1v) is 29.2. The zero-order valence-corrected chi connectivity index (χ0v) is 50.3. The van der Waals surface area contributed by atoms with E-state index in [2.05, 4.69) is 148 Å². The van der Waals surface area contributed by atoms with Crippen LogP contribution in [-0.4, -0.2) is 28.7 Å². The van der Waals surface area contributed by atoms with Gasteiger partial charge in [-0.05, 0) is 230 Å².